The second-order valence-corrected chi connectivity index (χ2v) is 4.59. The van der Waals surface area contributed by atoms with Crippen molar-refractivity contribution < 1.29 is 9.59 Å². The van der Waals surface area contributed by atoms with Gasteiger partial charge in [0.15, 0.2) is 0 Å². The van der Waals surface area contributed by atoms with Gasteiger partial charge in [0, 0.05) is 12.6 Å². The van der Waals surface area contributed by atoms with E-state index in [1.54, 1.807) is 6.92 Å². The first-order valence-electron chi connectivity index (χ1n) is 6.44. The molecule has 98 valence electrons. The van der Waals surface area contributed by atoms with E-state index in [1.165, 1.54) is 0 Å². The molecule has 0 spiro atoms. The fourth-order valence-corrected chi connectivity index (χ4v) is 1.36. The van der Waals surface area contributed by atoms with Crippen LogP contribution >= 0.6 is 0 Å². The predicted octanol–water partition coefficient (Wildman–Crippen LogP) is 0.159. The Balaban J connectivity index is 2.06. The summed E-state index contributed by atoms with van der Waals surface area (Å²) in [6.07, 6.45) is 4.21. The molecule has 0 aliphatic heterocycles. The van der Waals surface area contributed by atoms with Gasteiger partial charge in [-0.15, -0.1) is 0 Å². The van der Waals surface area contributed by atoms with Crippen molar-refractivity contribution in [3.05, 3.63) is 0 Å². The number of rotatable bonds is 8. The molecule has 1 atom stereocenters. The molecule has 1 unspecified atom stereocenters. The van der Waals surface area contributed by atoms with Gasteiger partial charge in [-0.25, -0.2) is 0 Å². The Hall–Kier alpha value is -1.10. The Bertz CT molecular complexity index is 264. The van der Waals surface area contributed by atoms with Gasteiger partial charge in [-0.2, -0.15) is 0 Å². The molecule has 0 radical (unpaired) electrons. The molecular weight excluding hydrogens is 218 g/mol. The molecule has 1 aliphatic rings. The van der Waals surface area contributed by atoms with Gasteiger partial charge in [0.25, 0.3) is 0 Å². The van der Waals surface area contributed by atoms with Crippen LogP contribution in [0.15, 0.2) is 0 Å². The van der Waals surface area contributed by atoms with Crippen molar-refractivity contribution in [3.8, 4) is 0 Å². The van der Waals surface area contributed by atoms with Crippen molar-refractivity contribution in [2.75, 3.05) is 13.1 Å². The average Bonchev–Trinajstić information content (AvgIpc) is 3.10. The third kappa shape index (κ3) is 6.26. The molecular formula is C12H23N3O2. The van der Waals surface area contributed by atoms with Gasteiger partial charge in [-0.1, -0.05) is 13.3 Å². The van der Waals surface area contributed by atoms with Crippen molar-refractivity contribution in [1.82, 2.24) is 16.0 Å². The maximum atomic E-state index is 11.6. The molecule has 0 aromatic heterocycles. The Morgan fingerprint density at radius 2 is 2.06 bits per heavy atom. The topological polar surface area (TPSA) is 70.2 Å². The van der Waals surface area contributed by atoms with E-state index >= 15 is 0 Å². The minimum Gasteiger partial charge on any atom is -0.355 e. The van der Waals surface area contributed by atoms with Gasteiger partial charge in [0.2, 0.25) is 11.8 Å². The number of hydrogen-bond acceptors (Lipinski definition) is 3. The highest BCUT2D eigenvalue weighted by atomic mass is 16.2. The number of carbonyl (C=O) groups excluding carboxylic acids is 2. The largest absolute Gasteiger partial charge is 0.355 e. The summed E-state index contributed by atoms with van der Waals surface area (Å²) >= 11 is 0. The van der Waals surface area contributed by atoms with Crippen molar-refractivity contribution >= 4 is 11.8 Å². The van der Waals surface area contributed by atoms with E-state index < -0.39 is 0 Å². The highest BCUT2D eigenvalue weighted by Gasteiger charge is 2.25. The van der Waals surface area contributed by atoms with Gasteiger partial charge in [0.05, 0.1) is 12.6 Å². The molecule has 0 bridgehead atoms. The standard InChI is InChI=1S/C12H23N3O2/c1-3-4-7-13-11(16)8-14-9(2)12(17)15-10-5-6-10/h9-10,14H,3-8H2,1-2H3,(H,13,16)(H,15,17). The first-order valence-corrected chi connectivity index (χ1v) is 6.44. The molecule has 1 fully saturated rings. The zero-order valence-electron chi connectivity index (χ0n) is 10.7. The smallest absolute Gasteiger partial charge is 0.237 e. The third-order valence-corrected chi connectivity index (χ3v) is 2.74. The van der Waals surface area contributed by atoms with Gasteiger partial charge >= 0.3 is 0 Å². The molecule has 1 saturated carbocycles. The maximum Gasteiger partial charge on any atom is 0.237 e. The molecule has 1 aliphatic carbocycles. The highest BCUT2D eigenvalue weighted by Crippen LogP contribution is 2.18. The number of hydrogen-bond donors (Lipinski definition) is 3. The summed E-state index contributed by atoms with van der Waals surface area (Å²) in [4.78, 5) is 22.9. The molecule has 5 nitrogen and oxygen atoms in total. The zero-order valence-corrected chi connectivity index (χ0v) is 10.7. The van der Waals surface area contributed by atoms with Gasteiger partial charge in [-0.3, -0.25) is 14.9 Å². The Labute approximate surface area is 103 Å². The number of unbranched alkanes of at least 4 members (excludes halogenated alkanes) is 1. The first-order chi connectivity index (χ1) is 8.13. The van der Waals surface area contributed by atoms with E-state index in [-0.39, 0.29) is 24.4 Å². The van der Waals surface area contributed by atoms with Crippen LogP contribution in [0.3, 0.4) is 0 Å². The third-order valence-electron chi connectivity index (χ3n) is 2.74. The average molecular weight is 241 g/mol. The van der Waals surface area contributed by atoms with Crippen LogP contribution in [0, 0.1) is 0 Å². The van der Waals surface area contributed by atoms with Gasteiger partial charge in [0.1, 0.15) is 0 Å². The summed E-state index contributed by atoms with van der Waals surface area (Å²) in [5.74, 6) is -0.0709. The van der Waals surface area contributed by atoms with Gasteiger partial charge in [-0.05, 0) is 26.2 Å². The van der Waals surface area contributed by atoms with Crippen molar-refractivity contribution in [2.24, 2.45) is 0 Å². The fraction of sp³-hybridized carbons (Fsp3) is 0.833. The van der Waals surface area contributed by atoms with Crippen LogP contribution in [-0.4, -0.2) is 37.0 Å². The van der Waals surface area contributed by atoms with Crippen LogP contribution in [0.5, 0.6) is 0 Å². The summed E-state index contributed by atoms with van der Waals surface area (Å²) in [6.45, 7) is 4.76. The number of nitrogens with one attached hydrogen (secondary N) is 3. The minimum absolute atomic E-state index is 0.0196. The normalized spacial score (nSPS) is 16.4. The summed E-state index contributed by atoms with van der Waals surface area (Å²) < 4.78 is 0. The van der Waals surface area contributed by atoms with Gasteiger partial charge < -0.3 is 10.6 Å². The highest BCUT2D eigenvalue weighted by molar-refractivity contribution is 5.83. The van der Waals surface area contributed by atoms with E-state index in [0.29, 0.717) is 12.6 Å². The molecule has 3 N–H and O–H groups in total. The number of carbonyl (C=O) groups is 2. The summed E-state index contributed by atoms with van der Waals surface area (Å²) in [5, 5.41) is 8.61. The van der Waals surface area contributed by atoms with Crippen LogP contribution in [-0.2, 0) is 9.59 Å². The Morgan fingerprint density at radius 1 is 1.35 bits per heavy atom. The first kappa shape index (κ1) is 14.0. The quantitative estimate of drug-likeness (QED) is 0.530. The van der Waals surface area contributed by atoms with Crippen LogP contribution in [0.1, 0.15) is 39.5 Å². The summed E-state index contributed by atoms with van der Waals surface area (Å²) in [7, 11) is 0. The van der Waals surface area contributed by atoms with E-state index in [4.69, 9.17) is 0 Å². The second-order valence-electron chi connectivity index (χ2n) is 4.59. The van der Waals surface area contributed by atoms with Crippen molar-refractivity contribution in [2.45, 2.75) is 51.6 Å². The van der Waals surface area contributed by atoms with Crippen LogP contribution < -0.4 is 16.0 Å². The Morgan fingerprint density at radius 3 is 2.65 bits per heavy atom. The monoisotopic (exact) mass is 241 g/mol. The number of amides is 2. The maximum absolute atomic E-state index is 11.6. The molecule has 0 saturated heterocycles. The lowest BCUT2D eigenvalue weighted by Crippen LogP contribution is -2.46. The SMILES string of the molecule is CCCCNC(=O)CNC(C)C(=O)NC1CC1. The van der Waals surface area contributed by atoms with Crippen LogP contribution in [0.4, 0.5) is 0 Å². The minimum atomic E-state index is -0.312. The predicted molar refractivity (Wildman–Crippen MR) is 66.5 cm³/mol. The molecule has 2 amide bonds. The molecule has 0 heterocycles. The molecule has 5 heteroatoms. The summed E-state index contributed by atoms with van der Waals surface area (Å²) in [5.41, 5.74) is 0. The van der Waals surface area contributed by atoms with E-state index in [0.717, 1.165) is 25.7 Å². The van der Waals surface area contributed by atoms with E-state index in [2.05, 4.69) is 22.9 Å². The van der Waals surface area contributed by atoms with Crippen LogP contribution in [0.2, 0.25) is 0 Å². The lowest BCUT2D eigenvalue weighted by Gasteiger charge is -2.13. The second kappa shape index (κ2) is 7.27. The van der Waals surface area contributed by atoms with Crippen molar-refractivity contribution in [3.63, 3.8) is 0 Å². The van der Waals surface area contributed by atoms with Crippen LogP contribution in [0.25, 0.3) is 0 Å². The molecule has 0 aromatic rings. The zero-order chi connectivity index (χ0) is 12.7. The fourth-order valence-electron chi connectivity index (χ4n) is 1.36. The van der Waals surface area contributed by atoms with Crippen molar-refractivity contribution in [1.29, 1.82) is 0 Å². The van der Waals surface area contributed by atoms with E-state index in [1.807, 2.05) is 0 Å². The Kier molecular flexibility index (Phi) is 5.97. The lowest BCUT2D eigenvalue weighted by atomic mass is 10.3. The lowest BCUT2D eigenvalue weighted by molar-refractivity contribution is -0.123. The summed E-state index contributed by atoms with van der Waals surface area (Å²) in [6, 6.07) is 0.0534. The molecule has 17 heavy (non-hydrogen) atoms. The molecule has 0 aromatic carbocycles. The molecule has 1 rings (SSSR count). The van der Waals surface area contributed by atoms with E-state index in [9.17, 15) is 9.59 Å².